The number of rotatable bonds is 2. The highest BCUT2D eigenvalue weighted by atomic mass is 16.4. The number of carbonyl (C=O) groups is 1. The Morgan fingerprint density at radius 2 is 1.65 bits per heavy atom. The lowest BCUT2D eigenvalue weighted by molar-refractivity contribution is 0.0696. The molecule has 0 aliphatic rings. The van der Waals surface area contributed by atoms with Gasteiger partial charge in [-0.25, -0.2) is 4.79 Å². The Bertz CT molecular complexity index is 562. The van der Waals surface area contributed by atoms with Gasteiger partial charge in [-0.3, -0.25) is 0 Å². The van der Waals surface area contributed by atoms with Crippen LogP contribution in [-0.2, 0) is 0 Å². The molecule has 0 unspecified atom stereocenters. The van der Waals surface area contributed by atoms with Crippen molar-refractivity contribution in [3.63, 3.8) is 0 Å². The minimum Gasteiger partial charge on any atom is -0.478 e. The molecule has 0 saturated carbocycles. The lowest BCUT2D eigenvalue weighted by Crippen LogP contribution is -2.09. The standard InChI is InChI=1S/C14H15NO2/c1-9-5-4-6-12(13(9)14(16)17)15-10(2)7-8-11(15)3/h4-8H,1-3H3,(H,16,17). The zero-order chi connectivity index (χ0) is 12.6. The fourth-order valence-corrected chi connectivity index (χ4v) is 2.17. The van der Waals surface area contributed by atoms with Crippen molar-refractivity contribution in [1.29, 1.82) is 0 Å². The molecule has 0 aliphatic carbocycles. The summed E-state index contributed by atoms with van der Waals surface area (Å²) in [6, 6.07) is 9.53. The predicted molar refractivity (Wildman–Crippen MR) is 66.9 cm³/mol. The first-order chi connectivity index (χ1) is 8.02. The molecule has 1 aromatic carbocycles. The molecule has 17 heavy (non-hydrogen) atoms. The second-order valence-corrected chi connectivity index (χ2v) is 4.23. The summed E-state index contributed by atoms with van der Waals surface area (Å²) in [6.45, 7) is 5.77. The van der Waals surface area contributed by atoms with Crippen molar-refractivity contribution in [1.82, 2.24) is 4.57 Å². The van der Waals surface area contributed by atoms with Crippen LogP contribution in [0.25, 0.3) is 5.69 Å². The number of benzene rings is 1. The van der Waals surface area contributed by atoms with Gasteiger partial charge in [0.2, 0.25) is 0 Å². The highest BCUT2D eigenvalue weighted by Crippen LogP contribution is 2.22. The van der Waals surface area contributed by atoms with E-state index >= 15 is 0 Å². The van der Waals surface area contributed by atoms with E-state index in [-0.39, 0.29) is 0 Å². The first kappa shape index (κ1) is 11.5. The third-order valence-corrected chi connectivity index (χ3v) is 2.98. The van der Waals surface area contributed by atoms with Crippen molar-refractivity contribution < 1.29 is 9.90 Å². The minimum absolute atomic E-state index is 0.370. The summed E-state index contributed by atoms with van der Waals surface area (Å²) in [5.41, 5.74) is 3.96. The van der Waals surface area contributed by atoms with E-state index in [1.165, 1.54) is 0 Å². The summed E-state index contributed by atoms with van der Waals surface area (Å²) in [4.78, 5) is 11.3. The van der Waals surface area contributed by atoms with E-state index in [4.69, 9.17) is 0 Å². The molecule has 3 nitrogen and oxygen atoms in total. The first-order valence-corrected chi connectivity index (χ1v) is 5.50. The summed E-state index contributed by atoms with van der Waals surface area (Å²) in [6.07, 6.45) is 0. The highest BCUT2D eigenvalue weighted by molar-refractivity contribution is 5.93. The van der Waals surface area contributed by atoms with Crippen molar-refractivity contribution in [2.24, 2.45) is 0 Å². The molecule has 0 fully saturated rings. The van der Waals surface area contributed by atoms with Crippen molar-refractivity contribution in [2.45, 2.75) is 20.8 Å². The van der Waals surface area contributed by atoms with Gasteiger partial charge >= 0.3 is 5.97 Å². The highest BCUT2D eigenvalue weighted by Gasteiger charge is 2.16. The Hall–Kier alpha value is -2.03. The third kappa shape index (κ3) is 1.84. The molecule has 2 rings (SSSR count). The van der Waals surface area contributed by atoms with Gasteiger partial charge in [0.15, 0.2) is 0 Å². The molecule has 0 bridgehead atoms. The van der Waals surface area contributed by atoms with Gasteiger partial charge < -0.3 is 9.67 Å². The molecule has 0 atom stereocenters. The van der Waals surface area contributed by atoms with Crippen LogP contribution < -0.4 is 0 Å². The largest absolute Gasteiger partial charge is 0.478 e. The Labute approximate surface area is 100 Å². The van der Waals surface area contributed by atoms with Gasteiger partial charge in [0.1, 0.15) is 0 Å². The summed E-state index contributed by atoms with van der Waals surface area (Å²) in [5, 5.41) is 9.31. The van der Waals surface area contributed by atoms with Crippen LogP contribution in [0.15, 0.2) is 30.3 Å². The van der Waals surface area contributed by atoms with Gasteiger partial charge in [0, 0.05) is 11.4 Å². The lowest BCUT2D eigenvalue weighted by atomic mass is 10.1. The Kier molecular flexibility index (Phi) is 2.76. The van der Waals surface area contributed by atoms with Crippen LogP contribution >= 0.6 is 0 Å². The second-order valence-electron chi connectivity index (χ2n) is 4.23. The average molecular weight is 229 g/mol. The number of hydrogen-bond donors (Lipinski definition) is 1. The number of aryl methyl sites for hydroxylation is 3. The summed E-state index contributed by atoms with van der Waals surface area (Å²) in [5.74, 6) is -0.884. The molecule has 1 heterocycles. The zero-order valence-corrected chi connectivity index (χ0v) is 10.2. The predicted octanol–water partition coefficient (Wildman–Crippen LogP) is 3.10. The summed E-state index contributed by atoms with van der Waals surface area (Å²) >= 11 is 0. The fraction of sp³-hybridized carbons (Fsp3) is 0.214. The molecule has 1 N–H and O–H groups in total. The van der Waals surface area contributed by atoms with Crippen LogP contribution in [0.3, 0.4) is 0 Å². The molecule has 2 aromatic rings. The van der Waals surface area contributed by atoms with E-state index in [0.717, 1.165) is 22.6 Å². The first-order valence-electron chi connectivity index (χ1n) is 5.50. The van der Waals surface area contributed by atoms with Crippen LogP contribution in [0, 0.1) is 20.8 Å². The van der Waals surface area contributed by atoms with E-state index < -0.39 is 5.97 Å². The Balaban J connectivity index is 2.76. The zero-order valence-electron chi connectivity index (χ0n) is 10.2. The van der Waals surface area contributed by atoms with Crippen LogP contribution in [-0.4, -0.2) is 15.6 Å². The number of carboxylic acid groups (broad SMARTS) is 1. The van der Waals surface area contributed by atoms with Crippen molar-refractivity contribution in [2.75, 3.05) is 0 Å². The van der Waals surface area contributed by atoms with Gasteiger partial charge in [0.25, 0.3) is 0 Å². The molecule has 0 saturated heterocycles. The van der Waals surface area contributed by atoms with E-state index in [1.54, 1.807) is 0 Å². The SMILES string of the molecule is Cc1cccc(-n2c(C)ccc2C)c1C(=O)O. The average Bonchev–Trinajstić information content (AvgIpc) is 2.57. The van der Waals surface area contributed by atoms with Gasteiger partial charge in [-0.2, -0.15) is 0 Å². The second kappa shape index (κ2) is 4.09. The van der Waals surface area contributed by atoms with Gasteiger partial charge in [0.05, 0.1) is 11.3 Å². The number of nitrogens with zero attached hydrogens (tertiary/aromatic N) is 1. The van der Waals surface area contributed by atoms with E-state index in [2.05, 4.69) is 0 Å². The number of aromatic nitrogens is 1. The van der Waals surface area contributed by atoms with Gasteiger partial charge in [-0.05, 0) is 44.5 Å². The number of aromatic carboxylic acids is 1. The fourth-order valence-electron chi connectivity index (χ4n) is 2.17. The normalized spacial score (nSPS) is 10.5. The molecule has 0 spiro atoms. The van der Waals surface area contributed by atoms with Crippen LogP contribution in [0.4, 0.5) is 0 Å². The molecule has 88 valence electrons. The lowest BCUT2D eigenvalue weighted by Gasteiger charge is -2.14. The van der Waals surface area contributed by atoms with Gasteiger partial charge in [-0.15, -0.1) is 0 Å². The van der Waals surface area contributed by atoms with Crippen molar-refractivity contribution in [3.8, 4) is 5.69 Å². The number of hydrogen-bond acceptors (Lipinski definition) is 1. The summed E-state index contributed by atoms with van der Waals surface area (Å²) in [7, 11) is 0. The maximum Gasteiger partial charge on any atom is 0.338 e. The third-order valence-electron chi connectivity index (χ3n) is 2.98. The molecule has 0 radical (unpaired) electrons. The molecule has 0 aliphatic heterocycles. The molecule has 1 aromatic heterocycles. The smallest absolute Gasteiger partial charge is 0.338 e. The Morgan fingerprint density at radius 3 is 2.18 bits per heavy atom. The van der Waals surface area contributed by atoms with Crippen molar-refractivity contribution >= 4 is 5.97 Å². The molecular weight excluding hydrogens is 214 g/mol. The molecule has 0 amide bonds. The number of carboxylic acids is 1. The van der Waals surface area contributed by atoms with E-state index in [1.807, 2.05) is 55.7 Å². The van der Waals surface area contributed by atoms with E-state index in [0.29, 0.717) is 5.56 Å². The molecular formula is C14H15NO2. The van der Waals surface area contributed by atoms with Crippen LogP contribution in [0.2, 0.25) is 0 Å². The van der Waals surface area contributed by atoms with Gasteiger partial charge in [-0.1, -0.05) is 12.1 Å². The topological polar surface area (TPSA) is 42.2 Å². The summed E-state index contributed by atoms with van der Waals surface area (Å²) < 4.78 is 1.97. The monoisotopic (exact) mass is 229 g/mol. The Morgan fingerprint density at radius 1 is 1.06 bits per heavy atom. The quantitative estimate of drug-likeness (QED) is 0.859. The maximum absolute atomic E-state index is 11.3. The minimum atomic E-state index is -0.884. The van der Waals surface area contributed by atoms with E-state index in [9.17, 15) is 9.90 Å². The van der Waals surface area contributed by atoms with Crippen molar-refractivity contribution in [3.05, 3.63) is 52.8 Å². The molecule has 3 heteroatoms. The maximum atomic E-state index is 11.3. The van der Waals surface area contributed by atoms with Crippen LogP contribution in [0.5, 0.6) is 0 Å². The van der Waals surface area contributed by atoms with Crippen LogP contribution in [0.1, 0.15) is 27.3 Å².